The fraction of sp³-hybridized carbons (Fsp3) is 0. The molecule has 0 radical (unpaired) electrons. The quantitative estimate of drug-likeness (QED) is 0.195. The van der Waals surface area contributed by atoms with Crippen LogP contribution in [0.5, 0.6) is 0 Å². The summed E-state index contributed by atoms with van der Waals surface area (Å²) in [6.07, 6.45) is 0. The van der Waals surface area contributed by atoms with Gasteiger partial charge in [0.1, 0.15) is 0 Å². The molecule has 0 aliphatic carbocycles. The first-order chi connectivity index (χ1) is 21.3. The molecule has 0 saturated heterocycles. The first-order valence-electron chi connectivity index (χ1n) is 14.9. The molecule has 1 heterocycles. The van der Waals surface area contributed by atoms with Gasteiger partial charge in [-0.25, -0.2) is 0 Å². The number of nitrogens with zero attached hydrogens (tertiary/aromatic N) is 1. The Hall–Kier alpha value is -5.66. The Morgan fingerprint density at radius 1 is 0.326 bits per heavy atom. The zero-order valence-electron chi connectivity index (χ0n) is 23.4. The van der Waals surface area contributed by atoms with E-state index < -0.39 is 0 Å². The van der Waals surface area contributed by atoms with Crippen molar-refractivity contribution in [2.24, 2.45) is 0 Å². The minimum atomic E-state index is 1.18. The lowest BCUT2D eigenvalue weighted by Crippen LogP contribution is -1.94. The summed E-state index contributed by atoms with van der Waals surface area (Å²) in [7, 11) is 0. The second-order valence-corrected chi connectivity index (χ2v) is 11.8. The topological polar surface area (TPSA) is 4.93 Å². The lowest BCUT2D eigenvalue weighted by Gasteiger charge is -2.15. The van der Waals surface area contributed by atoms with Gasteiger partial charge < -0.3 is 4.57 Å². The fourth-order valence-electron chi connectivity index (χ4n) is 7.56. The molecule has 1 aromatic heterocycles. The third-order valence-corrected chi connectivity index (χ3v) is 9.43. The molecule has 0 atom stereocenters. The second-order valence-electron chi connectivity index (χ2n) is 11.8. The van der Waals surface area contributed by atoms with Crippen LogP contribution in [0, 0.1) is 0 Å². The monoisotopic (exact) mass is 543 g/mol. The van der Waals surface area contributed by atoms with E-state index in [0.29, 0.717) is 0 Å². The van der Waals surface area contributed by atoms with Gasteiger partial charge in [0.15, 0.2) is 0 Å². The maximum absolute atomic E-state index is 2.47. The number of hydrogen-bond acceptors (Lipinski definition) is 0. The molecule has 10 rings (SSSR count). The molecule has 0 bridgehead atoms. The third kappa shape index (κ3) is 3.17. The van der Waals surface area contributed by atoms with Crippen molar-refractivity contribution in [3.05, 3.63) is 152 Å². The van der Waals surface area contributed by atoms with Gasteiger partial charge in [-0.3, -0.25) is 0 Å². The Balaban J connectivity index is 1.33. The van der Waals surface area contributed by atoms with E-state index in [-0.39, 0.29) is 0 Å². The van der Waals surface area contributed by atoms with Gasteiger partial charge in [0.05, 0.1) is 11.0 Å². The number of benzene rings is 9. The summed E-state index contributed by atoms with van der Waals surface area (Å²) in [6, 6.07) is 56.1. The maximum Gasteiger partial charge on any atom is 0.0553 e. The molecule has 0 unspecified atom stereocenters. The number of para-hydroxylation sites is 1. The largest absolute Gasteiger partial charge is 0.309 e. The minimum Gasteiger partial charge on any atom is -0.309 e. The Labute approximate surface area is 248 Å². The van der Waals surface area contributed by atoms with E-state index in [9.17, 15) is 0 Å². The SMILES string of the molecule is c1ccc(-c2cc3ccc4cc(-c5ccc6ccc7cccc8ccc5c6c78)cc5c4c3c(c2)n5-c2ccccc2)cc1. The van der Waals surface area contributed by atoms with Gasteiger partial charge in [0.2, 0.25) is 0 Å². The smallest absolute Gasteiger partial charge is 0.0553 e. The minimum absolute atomic E-state index is 1.18. The van der Waals surface area contributed by atoms with Crippen molar-refractivity contribution in [1.29, 1.82) is 0 Å². The normalized spacial score (nSPS) is 12.2. The van der Waals surface area contributed by atoms with E-state index in [2.05, 4.69) is 156 Å². The van der Waals surface area contributed by atoms with Crippen LogP contribution in [0.15, 0.2) is 152 Å². The molecule has 0 fully saturated rings. The van der Waals surface area contributed by atoms with Crippen LogP contribution in [0.3, 0.4) is 0 Å². The Bertz CT molecular complexity index is 2630. The highest BCUT2D eigenvalue weighted by Gasteiger charge is 2.20. The van der Waals surface area contributed by atoms with Crippen LogP contribution >= 0.6 is 0 Å². The zero-order chi connectivity index (χ0) is 28.1. The van der Waals surface area contributed by atoms with Gasteiger partial charge in [-0.2, -0.15) is 0 Å². The highest BCUT2D eigenvalue weighted by atomic mass is 15.0. The lowest BCUT2D eigenvalue weighted by atomic mass is 9.89. The van der Waals surface area contributed by atoms with Gasteiger partial charge in [-0.1, -0.05) is 115 Å². The van der Waals surface area contributed by atoms with Crippen molar-refractivity contribution in [3.63, 3.8) is 0 Å². The number of aromatic nitrogens is 1. The van der Waals surface area contributed by atoms with E-state index in [0.717, 1.165) is 0 Å². The summed E-state index contributed by atoms with van der Waals surface area (Å²) in [5.41, 5.74) is 8.67. The second kappa shape index (κ2) is 8.44. The fourth-order valence-corrected chi connectivity index (χ4v) is 7.56. The van der Waals surface area contributed by atoms with E-state index in [1.807, 2.05) is 0 Å². The molecule has 0 saturated carbocycles. The predicted molar refractivity (Wildman–Crippen MR) is 184 cm³/mol. The predicted octanol–water partition coefficient (Wildman–Crippen LogP) is 11.6. The average molecular weight is 544 g/mol. The van der Waals surface area contributed by atoms with Crippen molar-refractivity contribution >= 4 is 64.9 Å². The van der Waals surface area contributed by atoms with Crippen LogP contribution in [0.4, 0.5) is 0 Å². The zero-order valence-corrected chi connectivity index (χ0v) is 23.4. The Morgan fingerprint density at radius 2 is 0.884 bits per heavy atom. The summed E-state index contributed by atoms with van der Waals surface area (Å²) in [6.45, 7) is 0. The molecule has 10 aromatic rings. The molecule has 0 amide bonds. The van der Waals surface area contributed by atoms with Crippen molar-refractivity contribution in [3.8, 4) is 27.9 Å². The van der Waals surface area contributed by atoms with Gasteiger partial charge in [-0.15, -0.1) is 0 Å². The van der Waals surface area contributed by atoms with E-state index in [1.165, 1.54) is 92.8 Å². The summed E-state index contributed by atoms with van der Waals surface area (Å²) >= 11 is 0. The summed E-state index contributed by atoms with van der Waals surface area (Å²) in [5.74, 6) is 0. The van der Waals surface area contributed by atoms with E-state index in [1.54, 1.807) is 0 Å². The van der Waals surface area contributed by atoms with Crippen molar-refractivity contribution in [1.82, 2.24) is 4.57 Å². The summed E-state index contributed by atoms with van der Waals surface area (Å²) < 4.78 is 2.47. The van der Waals surface area contributed by atoms with Crippen LogP contribution in [-0.4, -0.2) is 4.57 Å². The van der Waals surface area contributed by atoms with Gasteiger partial charge in [0.25, 0.3) is 0 Å². The standard InChI is InChI=1S/C42H25N/c1-3-8-26(9-4-1)32-22-30-16-17-31-23-33(25-38-42(31)41(30)37(24-32)43(38)34-12-5-2-6-13-34)35-20-18-29-15-14-27-10-7-11-28-19-21-36(35)40(29)39(27)28/h1-25H. The van der Waals surface area contributed by atoms with Crippen LogP contribution in [0.25, 0.3) is 92.8 Å². The molecule has 1 nitrogen and oxygen atoms in total. The molecule has 0 N–H and O–H groups in total. The van der Waals surface area contributed by atoms with E-state index >= 15 is 0 Å². The molecule has 0 aliphatic rings. The van der Waals surface area contributed by atoms with Gasteiger partial charge in [0, 0.05) is 16.5 Å². The van der Waals surface area contributed by atoms with E-state index in [4.69, 9.17) is 0 Å². The first-order valence-corrected chi connectivity index (χ1v) is 14.9. The molecule has 198 valence electrons. The Kier molecular flexibility index (Phi) is 4.51. The highest BCUT2D eigenvalue weighted by molar-refractivity contribution is 6.28. The van der Waals surface area contributed by atoms with Gasteiger partial charge in [-0.05, 0) is 102 Å². The molecule has 9 aromatic carbocycles. The van der Waals surface area contributed by atoms with Crippen LogP contribution < -0.4 is 0 Å². The molecular formula is C42H25N. The molecule has 43 heavy (non-hydrogen) atoms. The molecule has 0 aliphatic heterocycles. The average Bonchev–Trinajstić information content (AvgIpc) is 3.41. The third-order valence-electron chi connectivity index (χ3n) is 9.43. The highest BCUT2D eigenvalue weighted by Crippen LogP contribution is 2.45. The lowest BCUT2D eigenvalue weighted by molar-refractivity contribution is 1.18. The van der Waals surface area contributed by atoms with Crippen molar-refractivity contribution < 1.29 is 0 Å². The van der Waals surface area contributed by atoms with Crippen LogP contribution in [-0.2, 0) is 0 Å². The maximum atomic E-state index is 2.47. The van der Waals surface area contributed by atoms with Crippen LogP contribution in [0.1, 0.15) is 0 Å². The summed E-state index contributed by atoms with van der Waals surface area (Å²) in [5, 5.41) is 13.1. The van der Waals surface area contributed by atoms with Gasteiger partial charge >= 0.3 is 0 Å². The number of hydrogen-bond donors (Lipinski definition) is 0. The molecule has 1 heteroatoms. The van der Waals surface area contributed by atoms with Crippen molar-refractivity contribution in [2.45, 2.75) is 0 Å². The Morgan fingerprint density at radius 3 is 1.60 bits per heavy atom. The molecule has 0 spiro atoms. The van der Waals surface area contributed by atoms with Crippen molar-refractivity contribution in [2.75, 3.05) is 0 Å². The molecular weight excluding hydrogens is 518 g/mol. The number of rotatable bonds is 3. The van der Waals surface area contributed by atoms with Crippen LogP contribution in [0.2, 0.25) is 0 Å². The first kappa shape index (κ1) is 23.0. The summed E-state index contributed by atoms with van der Waals surface area (Å²) in [4.78, 5) is 0.